The molecular weight excluding hydrogens is 352 g/mol. The van der Waals surface area contributed by atoms with E-state index in [1.807, 2.05) is 55.5 Å². The number of hydrogen-bond acceptors (Lipinski definition) is 3. The van der Waals surface area contributed by atoms with Gasteiger partial charge in [-0.3, -0.25) is 9.59 Å². The molecule has 5 heteroatoms. The van der Waals surface area contributed by atoms with E-state index in [9.17, 15) is 9.59 Å². The second kappa shape index (κ2) is 8.62. The van der Waals surface area contributed by atoms with Gasteiger partial charge in [0.2, 0.25) is 11.8 Å². The van der Waals surface area contributed by atoms with Crippen LogP contribution < -0.4 is 15.0 Å². The van der Waals surface area contributed by atoms with E-state index in [1.165, 1.54) is 0 Å². The lowest BCUT2D eigenvalue weighted by atomic mass is 9.82. The molecule has 1 aliphatic heterocycles. The summed E-state index contributed by atoms with van der Waals surface area (Å²) < 4.78 is 5.54. The molecule has 2 aromatic rings. The first-order chi connectivity index (χ1) is 13.6. The SMILES string of the molecule is C#CCNC(=O)[C@@H]1CCC(=O)N(c2ccc(C)cc2)[C@H]1c1ccccc1OC. The maximum Gasteiger partial charge on any atom is 0.227 e. The van der Waals surface area contributed by atoms with Gasteiger partial charge < -0.3 is 15.0 Å². The Morgan fingerprint density at radius 1 is 1.25 bits per heavy atom. The summed E-state index contributed by atoms with van der Waals surface area (Å²) in [5.74, 6) is 2.49. The Kier molecular flexibility index (Phi) is 6.00. The third kappa shape index (κ3) is 3.86. The number of benzene rings is 2. The predicted molar refractivity (Wildman–Crippen MR) is 109 cm³/mol. The number of para-hydroxylation sites is 1. The van der Waals surface area contributed by atoms with Crippen LogP contribution in [0.3, 0.4) is 0 Å². The van der Waals surface area contributed by atoms with Crippen molar-refractivity contribution in [3.63, 3.8) is 0 Å². The normalized spacial score (nSPS) is 19.0. The van der Waals surface area contributed by atoms with Gasteiger partial charge in [0, 0.05) is 17.7 Å². The summed E-state index contributed by atoms with van der Waals surface area (Å²) >= 11 is 0. The van der Waals surface area contributed by atoms with Gasteiger partial charge >= 0.3 is 0 Å². The van der Waals surface area contributed by atoms with Gasteiger partial charge in [-0.25, -0.2) is 0 Å². The van der Waals surface area contributed by atoms with Gasteiger partial charge in [-0.05, 0) is 31.5 Å². The van der Waals surface area contributed by atoms with Crippen molar-refractivity contribution in [2.75, 3.05) is 18.6 Å². The molecule has 2 aromatic carbocycles. The minimum absolute atomic E-state index is 0.0132. The van der Waals surface area contributed by atoms with E-state index in [4.69, 9.17) is 11.2 Å². The van der Waals surface area contributed by atoms with E-state index < -0.39 is 12.0 Å². The average Bonchev–Trinajstić information content (AvgIpc) is 2.72. The fourth-order valence-corrected chi connectivity index (χ4v) is 3.71. The lowest BCUT2D eigenvalue weighted by Crippen LogP contribution is -2.48. The average molecular weight is 376 g/mol. The van der Waals surface area contributed by atoms with E-state index in [2.05, 4.69) is 11.2 Å². The number of methoxy groups -OCH3 is 1. The minimum atomic E-state index is -0.474. The summed E-state index contributed by atoms with van der Waals surface area (Å²) in [6.07, 6.45) is 6.06. The maximum absolute atomic E-state index is 13.0. The third-order valence-corrected chi connectivity index (χ3v) is 5.07. The molecule has 0 unspecified atom stereocenters. The van der Waals surface area contributed by atoms with Crippen LogP contribution in [0.2, 0.25) is 0 Å². The molecular formula is C23H24N2O3. The number of ether oxygens (including phenoxy) is 1. The fourth-order valence-electron chi connectivity index (χ4n) is 3.71. The van der Waals surface area contributed by atoms with Gasteiger partial charge in [0.1, 0.15) is 5.75 Å². The van der Waals surface area contributed by atoms with E-state index in [0.717, 1.165) is 16.8 Å². The van der Waals surface area contributed by atoms with Crippen molar-refractivity contribution >= 4 is 17.5 Å². The number of carbonyl (C=O) groups is 2. The van der Waals surface area contributed by atoms with Crippen LogP contribution in [0, 0.1) is 25.2 Å². The lowest BCUT2D eigenvalue weighted by Gasteiger charge is -2.41. The number of nitrogens with one attached hydrogen (secondary N) is 1. The monoisotopic (exact) mass is 376 g/mol. The summed E-state index contributed by atoms with van der Waals surface area (Å²) in [7, 11) is 1.59. The van der Waals surface area contributed by atoms with E-state index >= 15 is 0 Å². The first-order valence-electron chi connectivity index (χ1n) is 9.29. The van der Waals surface area contributed by atoms with Gasteiger partial charge in [0.15, 0.2) is 0 Å². The molecule has 5 nitrogen and oxygen atoms in total. The summed E-state index contributed by atoms with van der Waals surface area (Å²) in [5.41, 5.74) is 2.67. The Labute approximate surface area is 165 Å². The van der Waals surface area contributed by atoms with Gasteiger partial charge in [0.25, 0.3) is 0 Å². The molecule has 144 valence electrons. The van der Waals surface area contributed by atoms with E-state index in [-0.39, 0.29) is 18.4 Å². The van der Waals surface area contributed by atoms with E-state index in [0.29, 0.717) is 18.6 Å². The molecule has 1 aliphatic rings. The van der Waals surface area contributed by atoms with Gasteiger partial charge in [-0.15, -0.1) is 6.42 Å². The molecule has 1 heterocycles. The Bertz CT molecular complexity index is 899. The Balaban J connectivity index is 2.11. The van der Waals surface area contributed by atoms with Crippen molar-refractivity contribution in [1.29, 1.82) is 0 Å². The minimum Gasteiger partial charge on any atom is -0.496 e. The summed E-state index contributed by atoms with van der Waals surface area (Å²) in [6, 6.07) is 14.8. The molecule has 0 bridgehead atoms. The number of aryl methyl sites for hydroxylation is 1. The van der Waals surface area contributed by atoms with Crippen molar-refractivity contribution in [1.82, 2.24) is 5.32 Å². The van der Waals surface area contributed by atoms with Crippen LogP contribution in [0.25, 0.3) is 0 Å². The molecule has 0 aliphatic carbocycles. The van der Waals surface area contributed by atoms with Crippen molar-refractivity contribution in [2.24, 2.45) is 5.92 Å². The van der Waals surface area contributed by atoms with Crippen molar-refractivity contribution in [3.05, 3.63) is 59.7 Å². The lowest BCUT2D eigenvalue weighted by molar-refractivity contribution is -0.129. The highest BCUT2D eigenvalue weighted by Crippen LogP contribution is 2.43. The van der Waals surface area contributed by atoms with Crippen LogP contribution in [-0.2, 0) is 9.59 Å². The molecule has 0 aromatic heterocycles. The zero-order valence-electron chi connectivity index (χ0n) is 16.1. The molecule has 1 fully saturated rings. The summed E-state index contributed by atoms with van der Waals surface area (Å²) in [6.45, 7) is 2.15. The fraction of sp³-hybridized carbons (Fsp3) is 0.304. The molecule has 1 N–H and O–H groups in total. The summed E-state index contributed by atoms with van der Waals surface area (Å²) in [5, 5.41) is 2.78. The number of terminal acetylenes is 1. The van der Waals surface area contributed by atoms with Gasteiger partial charge in [-0.1, -0.05) is 41.8 Å². The van der Waals surface area contributed by atoms with Gasteiger partial charge in [-0.2, -0.15) is 0 Å². The van der Waals surface area contributed by atoms with Crippen LogP contribution in [-0.4, -0.2) is 25.5 Å². The topological polar surface area (TPSA) is 58.6 Å². The number of anilines is 1. The van der Waals surface area contributed by atoms with Crippen molar-refractivity contribution in [3.8, 4) is 18.1 Å². The summed E-state index contributed by atoms with van der Waals surface area (Å²) in [4.78, 5) is 27.6. The second-order valence-corrected chi connectivity index (χ2v) is 6.85. The molecule has 28 heavy (non-hydrogen) atoms. The van der Waals surface area contributed by atoms with Crippen molar-refractivity contribution < 1.29 is 14.3 Å². The number of rotatable bonds is 5. The number of hydrogen-bond donors (Lipinski definition) is 1. The van der Waals surface area contributed by atoms with Crippen molar-refractivity contribution in [2.45, 2.75) is 25.8 Å². The quantitative estimate of drug-likeness (QED) is 0.815. The highest BCUT2D eigenvalue weighted by Gasteiger charge is 2.42. The Morgan fingerprint density at radius 3 is 2.64 bits per heavy atom. The highest BCUT2D eigenvalue weighted by atomic mass is 16.5. The number of piperidine rings is 1. The highest BCUT2D eigenvalue weighted by molar-refractivity contribution is 5.97. The van der Waals surface area contributed by atoms with Crippen LogP contribution in [0.15, 0.2) is 48.5 Å². The number of amides is 2. The Hall–Kier alpha value is -3.26. The molecule has 0 spiro atoms. The number of nitrogens with zero attached hydrogens (tertiary/aromatic N) is 1. The van der Waals surface area contributed by atoms with Gasteiger partial charge in [0.05, 0.1) is 25.6 Å². The zero-order valence-corrected chi connectivity index (χ0v) is 16.1. The first-order valence-corrected chi connectivity index (χ1v) is 9.29. The molecule has 0 radical (unpaired) electrons. The molecule has 0 saturated carbocycles. The largest absolute Gasteiger partial charge is 0.496 e. The molecule has 1 saturated heterocycles. The first kappa shape index (κ1) is 19.5. The molecule has 2 amide bonds. The molecule has 3 rings (SSSR count). The number of carbonyl (C=O) groups excluding carboxylic acids is 2. The molecule has 2 atom stereocenters. The zero-order chi connectivity index (χ0) is 20.1. The predicted octanol–water partition coefficient (Wildman–Crippen LogP) is 3.24. The van der Waals surface area contributed by atoms with Crippen LogP contribution in [0.5, 0.6) is 5.75 Å². The van der Waals surface area contributed by atoms with Crippen LogP contribution in [0.4, 0.5) is 5.69 Å². The standard InChI is InChI=1S/C23H24N2O3/c1-4-15-24-23(27)19-13-14-21(26)25(17-11-9-16(2)10-12-17)22(19)18-7-5-6-8-20(18)28-3/h1,5-12,19,22H,13-15H2,2-3H3,(H,24,27)/t19-,22+/m1/s1. The van der Waals surface area contributed by atoms with E-state index in [1.54, 1.807) is 12.0 Å². The third-order valence-electron chi connectivity index (χ3n) is 5.07. The van der Waals surface area contributed by atoms with Crippen LogP contribution in [0.1, 0.15) is 30.0 Å². The second-order valence-electron chi connectivity index (χ2n) is 6.85. The maximum atomic E-state index is 13.0. The smallest absolute Gasteiger partial charge is 0.227 e. The van der Waals surface area contributed by atoms with Crippen LogP contribution >= 0.6 is 0 Å². The Morgan fingerprint density at radius 2 is 1.96 bits per heavy atom.